The van der Waals surface area contributed by atoms with Crippen LogP contribution in [0.25, 0.3) is 11.0 Å². The van der Waals surface area contributed by atoms with E-state index < -0.39 is 0 Å². The van der Waals surface area contributed by atoms with Crippen LogP contribution in [0.1, 0.15) is 46.7 Å². The maximum absolute atomic E-state index is 12.5. The summed E-state index contributed by atoms with van der Waals surface area (Å²) in [7, 11) is 0. The Labute approximate surface area is 140 Å². The molecule has 2 heterocycles. The Bertz CT molecular complexity index is 785. The molecule has 0 aliphatic heterocycles. The molecule has 0 radical (unpaired) electrons. The highest BCUT2D eigenvalue weighted by Gasteiger charge is 2.21. The Morgan fingerprint density at radius 1 is 1.26 bits per heavy atom. The van der Waals surface area contributed by atoms with E-state index in [9.17, 15) is 4.79 Å². The molecular weight excluding hydrogens is 306 g/mol. The van der Waals surface area contributed by atoms with Crippen molar-refractivity contribution in [2.45, 2.75) is 33.2 Å². The number of thiophene rings is 1. The number of aromatic amines is 1. The molecule has 1 amide bonds. The summed E-state index contributed by atoms with van der Waals surface area (Å²) in [6.07, 6.45) is 0.843. The first kappa shape index (κ1) is 15.7. The summed E-state index contributed by atoms with van der Waals surface area (Å²) in [5, 5.41) is 3.13. The molecule has 2 N–H and O–H groups in total. The Morgan fingerprint density at radius 3 is 2.70 bits per heavy atom. The van der Waals surface area contributed by atoms with Gasteiger partial charge in [0.25, 0.3) is 5.91 Å². The van der Waals surface area contributed by atoms with E-state index in [4.69, 9.17) is 0 Å². The molecule has 3 aromatic rings. The zero-order chi connectivity index (χ0) is 16.4. The summed E-state index contributed by atoms with van der Waals surface area (Å²) >= 11 is 1.51. The van der Waals surface area contributed by atoms with Crippen LogP contribution in [0.4, 0.5) is 0 Å². The van der Waals surface area contributed by atoms with Crippen LogP contribution in [-0.4, -0.2) is 15.9 Å². The zero-order valence-corrected chi connectivity index (χ0v) is 14.4. The second-order valence-electron chi connectivity index (χ2n) is 6.21. The molecule has 0 aliphatic carbocycles. The summed E-state index contributed by atoms with van der Waals surface area (Å²) < 4.78 is 0. The molecule has 2 aromatic heterocycles. The number of hydrogen-bond donors (Lipinski definition) is 2. The predicted octanol–water partition coefficient (Wildman–Crippen LogP) is 4.45. The number of hydrogen-bond acceptors (Lipinski definition) is 3. The number of imidazole rings is 1. The fourth-order valence-corrected chi connectivity index (χ4v) is 3.40. The maximum Gasteiger partial charge on any atom is 0.261 e. The highest BCUT2D eigenvalue weighted by atomic mass is 32.1. The summed E-state index contributed by atoms with van der Waals surface area (Å²) in [6.45, 7) is 6.31. The van der Waals surface area contributed by atoms with E-state index in [1.165, 1.54) is 11.3 Å². The van der Waals surface area contributed by atoms with Crippen LogP contribution in [0.2, 0.25) is 0 Å². The van der Waals surface area contributed by atoms with E-state index in [1.54, 1.807) is 0 Å². The van der Waals surface area contributed by atoms with Gasteiger partial charge in [0, 0.05) is 4.88 Å². The molecular formula is C18H21N3OS. The second-order valence-corrected chi connectivity index (χ2v) is 7.49. The van der Waals surface area contributed by atoms with Crippen molar-refractivity contribution in [3.05, 3.63) is 52.0 Å². The first-order chi connectivity index (χ1) is 11.0. The Morgan fingerprint density at radius 2 is 2.04 bits per heavy atom. The van der Waals surface area contributed by atoms with Crippen molar-refractivity contribution in [1.29, 1.82) is 0 Å². The minimum atomic E-state index is -0.114. The first-order valence-corrected chi connectivity index (χ1v) is 8.66. The van der Waals surface area contributed by atoms with Gasteiger partial charge in [-0.1, -0.05) is 26.0 Å². The van der Waals surface area contributed by atoms with Crippen molar-refractivity contribution in [2.75, 3.05) is 0 Å². The van der Waals surface area contributed by atoms with Gasteiger partial charge >= 0.3 is 0 Å². The van der Waals surface area contributed by atoms with Crippen LogP contribution >= 0.6 is 11.3 Å². The van der Waals surface area contributed by atoms with E-state index in [0.717, 1.165) is 33.0 Å². The third-order valence-corrected chi connectivity index (χ3v) is 4.71. The molecule has 0 aliphatic rings. The van der Waals surface area contributed by atoms with Gasteiger partial charge in [0.05, 0.1) is 22.0 Å². The van der Waals surface area contributed by atoms with Gasteiger partial charge < -0.3 is 10.3 Å². The van der Waals surface area contributed by atoms with Gasteiger partial charge in [-0.25, -0.2) is 4.98 Å². The Kier molecular flexibility index (Phi) is 4.48. The first-order valence-electron chi connectivity index (χ1n) is 7.85. The number of rotatable bonds is 5. The van der Waals surface area contributed by atoms with Crippen LogP contribution in [-0.2, 0) is 0 Å². The number of nitrogens with one attached hydrogen (secondary N) is 2. The monoisotopic (exact) mass is 327 g/mol. The number of benzene rings is 1. The predicted molar refractivity (Wildman–Crippen MR) is 94.8 cm³/mol. The van der Waals surface area contributed by atoms with Gasteiger partial charge in [0.15, 0.2) is 0 Å². The lowest BCUT2D eigenvalue weighted by atomic mass is 10.0. The molecule has 4 nitrogen and oxygen atoms in total. The molecule has 23 heavy (non-hydrogen) atoms. The molecule has 0 saturated heterocycles. The lowest BCUT2D eigenvalue weighted by molar-refractivity contribution is 0.0934. The highest BCUT2D eigenvalue weighted by molar-refractivity contribution is 7.13. The number of aromatic nitrogens is 2. The fourth-order valence-electron chi connectivity index (χ4n) is 2.63. The lowest BCUT2D eigenvalue weighted by Crippen LogP contribution is -2.29. The van der Waals surface area contributed by atoms with Crippen LogP contribution in [0.3, 0.4) is 0 Å². The minimum Gasteiger partial charge on any atom is -0.341 e. The largest absolute Gasteiger partial charge is 0.341 e. The van der Waals surface area contributed by atoms with E-state index in [0.29, 0.717) is 5.92 Å². The quantitative estimate of drug-likeness (QED) is 0.727. The minimum absolute atomic E-state index is 0.0331. The Balaban J connectivity index is 1.86. The number of carbonyl (C=O) groups is 1. The number of carbonyl (C=O) groups excluding carboxylic acids is 1. The number of para-hydroxylation sites is 2. The summed E-state index contributed by atoms with van der Waals surface area (Å²) in [5.41, 5.74) is 1.93. The third kappa shape index (κ3) is 3.62. The van der Waals surface area contributed by atoms with E-state index in [-0.39, 0.29) is 11.9 Å². The SMILES string of the molecule is Cc1ccc(C(=O)N[C@@H](CC(C)C)c2nc3ccccc3[nH]2)s1. The average molecular weight is 327 g/mol. The number of aryl methyl sites for hydroxylation is 1. The second kappa shape index (κ2) is 6.54. The van der Waals surface area contributed by atoms with Gasteiger partial charge in [-0.3, -0.25) is 4.79 Å². The van der Waals surface area contributed by atoms with Crippen molar-refractivity contribution in [2.24, 2.45) is 5.92 Å². The lowest BCUT2D eigenvalue weighted by Gasteiger charge is -2.18. The standard InChI is InChI=1S/C18H21N3OS/c1-11(2)10-15(21-18(22)16-9-8-12(3)23-16)17-19-13-6-4-5-7-14(13)20-17/h4-9,11,15H,10H2,1-3H3,(H,19,20)(H,21,22)/t15-/m0/s1. The molecule has 0 spiro atoms. The number of nitrogens with zero attached hydrogens (tertiary/aromatic N) is 1. The van der Waals surface area contributed by atoms with Crippen molar-refractivity contribution in [3.63, 3.8) is 0 Å². The van der Waals surface area contributed by atoms with Crippen LogP contribution < -0.4 is 5.32 Å². The van der Waals surface area contributed by atoms with Crippen molar-refractivity contribution < 1.29 is 4.79 Å². The van der Waals surface area contributed by atoms with Crippen molar-refractivity contribution in [3.8, 4) is 0 Å². The number of amides is 1. The number of fused-ring (bicyclic) bond motifs is 1. The Hall–Kier alpha value is -2.14. The van der Waals surface area contributed by atoms with Gasteiger partial charge in [0.1, 0.15) is 5.82 Å². The van der Waals surface area contributed by atoms with Crippen molar-refractivity contribution in [1.82, 2.24) is 15.3 Å². The molecule has 1 aromatic carbocycles. The van der Waals surface area contributed by atoms with Gasteiger partial charge in [-0.05, 0) is 43.5 Å². The van der Waals surface area contributed by atoms with Gasteiger partial charge in [-0.2, -0.15) is 0 Å². The molecule has 0 fully saturated rings. The average Bonchev–Trinajstić information content (AvgIpc) is 3.11. The summed E-state index contributed by atoms with van der Waals surface area (Å²) in [6, 6.07) is 11.7. The number of H-pyrrole nitrogens is 1. The zero-order valence-electron chi connectivity index (χ0n) is 13.6. The molecule has 0 bridgehead atoms. The summed E-state index contributed by atoms with van der Waals surface area (Å²) in [5.74, 6) is 1.24. The molecule has 1 atom stereocenters. The topological polar surface area (TPSA) is 57.8 Å². The van der Waals surface area contributed by atoms with Crippen LogP contribution in [0.15, 0.2) is 36.4 Å². The maximum atomic E-state index is 12.5. The molecule has 0 unspecified atom stereocenters. The fraction of sp³-hybridized carbons (Fsp3) is 0.333. The third-order valence-electron chi connectivity index (χ3n) is 3.71. The molecule has 120 valence electrons. The summed E-state index contributed by atoms with van der Waals surface area (Å²) in [4.78, 5) is 22.4. The van der Waals surface area contributed by atoms with E-state index in [2.05, 4.69) is 29.1 Å². The molecule has 5 heteroatoms. The highest BCUT2D eigenvalue weighted by Crippen LogP contribution is 2.23. The van der Waals surface area contributed by atoms with Gasteiger partial charge in [-0.15, -0.1) is 11.3 Å². The van der Waals surface area contributed by atoms with Gasteiger partial charge in [0.2, 0.25) is 0 Å². The molecule has 0 saturated carbocycles. The smallest absolute Gasteiger partial charge is 0.261 e. The normalized spacial score (nSPS) is 12.7. The van der Waals surface area contributed by atoms with E-state index >= 15 is 0 Å². The molecule has 3 rings (SSSR count). The van der Waals surface area contributed by atoms with Crippen molar-refractivity contribution >= 4 is 28.3 Å². The van der Waals surface area contributed by atoms with E-state index in [1.807, 2.05) is 43.3 Å². The van der Waals surface area contributed by atoms with Crippen LogP contribution in [0.5, 0.6) is 0 Å². The van der Waals surface area contributed by atoms with Crippen LogP contribution in [0, 0.1) is 12.8 Å².